The Morgan fingerprint density at radius 2 is 2.07 bits per heavy atom. The second-order valence-corrected chi connectivity index (χ2v) is 5.70. The first kappa shape index (κ1) is 11.6. The van der Waals surface area contributed by atoms with Crippen LogP contribution in [0.5, 0.6) is 0 Å². The molecule has 0 aliphatic heterocycles. The van der Waals surface area contributed by atoms with Gasteiger partial charge in [0.15, 0.2) is 0 Å². The predicted molar refractivity (Wildman–Crippen MR) is 58.1 cm³/mol. The topological polar surface area (TPSA) is 58.2 Å². The van der Waals surface area contributed by atoms with Crippen LogP contribution in [0.3, 0.4) is 0 Å². The Balaban J connectivity index is 3.24. The van der Waals surface area contributed by atoms with E-state index in [0.29, 0.717) is 11.4 Å². The predicted octanol–water partition coefficient (Wildman–Crippen LogP) is 0.684. The highest BCUT2D eigenvalue weighted by Crippen LogP contribution is 2.26. The van der Waals surface area contributed by atoms with Gasteiger partial charge in [-0.05, 0) is 32.0 Å². The largest absolute Gasteiger partial charge is 0.315 e. The minimum Gasteiger partial charge on any atom is -0.315 e. The van der Waals surface area contributed by atoms with Crippen LogP contribution in [0.4, 0.5) is 0 Å². The van der Waals surface area contributed by atoms with Gasteiger partial charge in [-0.1, -0.05) is 0 Å². The van der Waals surface area contributed by atoms with Gasteiger partial charge in [0.25, 0.3) is 0 Å². The van der Waals surface area contributed by atoms with E-state index in [9.17, 15) is 8.42 Å². The second kappa shape index (κ2) is 4.39. The maximum atomic E-state index is 11.6. The SMILES string of the molecule is CNCc1scc(C)c1S(=O)(=O)NC. The zero-order valence-corrected chi connectivity index (χ0v) is 10.1. The van der Waals surface area contributed by atoms with Crippen LogP contribution in [0.25, 0.3) is 0 Å². The summed E-state index contributed by atoms with van der Waals surface area (Å²) in [5.74, 6) is 0. The van der Waals surface area contributed by atoms with Crippen molar-refractivity contribution in [1.29, 1.82) is 0 Å². The lowest BCUT2D eigenvalue weighted by atomic mass is 10.3. The molecule has 1 heterocycles. The molecule has 0 bridgehead atoms. The number of hydrogen-bond donors (Lipinski definition) is 2. The molecule has 4 nitrogen and oxygen atoms in total. The summed E-state index contributed by atoms with van der Waals surface area (Å²) < 4.78 is 25.6. The maximum Gasteiger partial charge on any atom is 0.241 e. The summed E-state index contributed by atoms with van der Waals surface area (Å²) in [6, 6.07) is 0. The molecule has 0 amide bonds. The van der Waals surface area contributed by atoms with Crippen LogP contribution < -0.4 is 10.0 Å². The third-order valence-corrected chi connectivity index (χ3v) is 4.74. The van der Waals surface area contributed by atoms with E-state index >= 15 is 0 Å². The number of nitrogens with one attached hydrogen (secondary N) is 2. The summed E-state index contributed by atoms with van der Waals surface area (Å²) in [5, 5.41) is 4.81. The van der Waals surface area contributed by atoms with Crippen LogP contribution in [0.2, 0.25) is 0 Å². The van der Waals surface area contributed by atoms with E-state index in [4.69, 9.17) is 0 Å². The molecule has 0 aromatic carbocycles. The molecule has 0 radical (unpaired) electrons. The van der Waals surface area contributed by atoms with Gasteiger partial charge < -0.3 is 5.32 Å². The van der Waals surface area contributed by atoms with Crippen molar-refractivity contribution in [2.24, 2.45) is 0 Å². The smallest absolute Gasteiger partial charge is 0.241 e. The molecule has 0 saturated carbocycles. The van der Waals surface area contributed by atoms with Crippen molar-refractivity contribution in [2.75, 3.05) is 14.1 Å². The summed E-state index contributed by atoms with van der Waals surface area (Å²) in [5.41, 5.74) is 0.801. The third-order valence-electron chi connectivity index (χ3n) is 1.86. The van der Waals surface area contributed by atoms with Crippen molar-refractivity contribution in [3.63, 3.8) is 0 Å². The normalized spacial score (nSPS) is 11.9. The summed E-state index contributed by atoms with van der Waals surface area (Å²) in [7, 11) is -0.0953. The molecular formula is C8H14N2O2S2. The maximum absolute atomic E-state index is 11.6. The van der Waals surface area contributed by atoms with Crippen molar-refractivity contribution < 1.29 is 8.42 Å². The van der Waals surface area contributed by atoms with Gasteiger partial charge >= 0.3 is 0 Å². The lowest BCUT2D eigenvalue weighted by Gasteiger charge is -2.05. The average molecular weight is 234 g/mol. The molecule has 0 aliphatic rings. The van der Waals surface area contributed by atoms with Crippen LogP contribution in [-0.2, 0) is 16.6 Å². The van der Waals surface area contributed by atoms with E-state index < -0.39 is 10.0 Å². The van der Waals surface area contributed by atoms with E-state index in [0.717, 1.165) is 10.4 Å². The Hall–Kier alpha value is -0.430. The molecule has 0 aliphatic carbocycles. The Kier molecular flexibility index (Phi) is 3.65. The Morgan fingerprint density at radius 3 is 2.57 bits per heavy atom. The highest BCUT2D eigenvalue weighted by Gasteiger charge is 2.20. The quantitative estimate of drug-likeness (QED) is 0.805. The van der Waals surface area contributed by atoms with Crippen LogP contribution >= 0.6 is 11.3 Å². The average Bonchev–Trinajstić information content (AvgIpc) is 2.48. The number of sulfonamides is 1. The molecule has 1 rings (SSSR count). The third kappa shape index (κ3) is 2.14. The summed E-state index contributed by atoms with van der Waals surface area (Å²) in [4.78, 5) is 1.26. The lowest BCUT2D eigenvalue weighted by molar-refractivity contribution is 0.586. The molecular weight excluding hydrogens is 220 g/mol. The minimum atomic E-state index is -3.32. The number of aryl methyl sites for hydroxylation is 1. The van der Waals surface area contributed by atoms with Gasteiger partial charge in [0.2, 0.25) is 10.0 Å². The Bertz CT molecular complexity index is 409. The van der Waals surface area contributed by atoms with E-state index in [1.165, 1.54) is 18.4 Å². The monoisotopic (exact) mass is 234 g/mol. The van der Waals surface area contributed by atoms with E-state index in [1.807, 2.05) is 5.38 Å². The number of rotatable bonds is 4. The molecule has 0 fully saturated rings. The zero-order chi connectivity index (χ0) is 10.8. The van der Waals surface area contributed by atoms with Gasteiger partial charge in [0.1, 0.15) is 4.90 Å². The first-order chi connectivity index (χ1) is 6.53. The van der Waals surface area contributed by atoms with E-state index in [2.05, 4.69) is 10.0 Å². The molecule has 0 saturated heterocycles. The molecule has 2 N–H and O–H groups in total. The van der Waals surface area contributed by atoms with E-state index in [-0.39, 0.29) is 0 Å². The van der Waals surface area contributed by atoms with Crippen LogP contribution in [0.1, 0.15) is 10.4 Å². The zero-order valence-electron chi connectivity index (χ0n) is 8.42. The molecule has 0 atom stereocenters. The van der Waals surface area contributed by atoms with Gasteiger partial charge in [-0.2, -0.15) is 0 Å². The van der Waals surface area contributed by atoms with Gasteiger partial charge in [-0.25, -0.2) is 13.1 Å². The van der Waals surface area contributed by atoms with Gasteiger partial charge in [0.05, 0.1) is 0 Å². The first-order valence-corrected chi connectivity index (χ1v) is 6.54. The van der Waals surface area contributed by atoms with Crippen molar-refractivity contribution >= 4 is 21.4 Å². The van der Waals surface area contributed by atoms with Crippen molar-refractivity contribution in [3.05, 3.63) is 15.8 Å². The van der Waals surface area contributed by atoms with Crippen molar-refractivity contribution in [1.82, 2.24) is 10.0 Å². The molecule has 1 aromatic rings. The fraction of sp³-hybridized carbons (Fsp3) is 0.500. The van der Waals surface area contributed by atoms with E-state index in [1.54, 1.807) is 14.0 Å². The second-order valence-electron chi connectivity index (χ2n) is 2.91. The van der Waals surface area contributed by atoms with Gasteiger partial charge in [-0.3, -0.25) is 0 Å². The summed E-state index contributed by atoms with van der Waals surface area (Å²) >= 11 is 1.46. The summed E-state index contributed by atoms with van der Waals surface area (Å²) in [6.07, 6.45) is 0. The molecule has 1 aromatic heterocycles. The Morgan fingerprint density at radius 1 is 1.43 bits per heavy atom. The molecule has 0 unspecified atom stereocenters. The fourth-order valence-electron chi connectivity index (χ4n) is 1.23. The van der Waals surface area contributed by atoms with Crippen molar-refractivity contribution in [2.45, 2.75) is 18.4 Å². The highest BCUT2D eigenvalue weighted by molar-refractivity contribution is 7.89. The fourth-order valence-corrected chi connectivity index (χ4v) is 3.77. The van der Waals surface area contributed by atoms with Gasteiger partial charge in [0, 0.05) is 11.4 Å². The van der Waals surface area contributed by atoms with Crippen LogP contribution in [-0.4, -0.2) is 22.5 Å². The minimum absolute atomic E-state index is 0.416. The molecule has 6 heteroatoms. The van der Waals surface area contributed by atoms with Gasteiger partial charge in [-0.15, -0.1) is 11.3 Å². The lowest BCUT2D eigenvalue weighted by Crippen LogP contribution is -2.21. The number of thiophene rings is 1. The molecule has 0 spiro atoms. The standard InChI is InChI=1S/C8H14N2O2S2/c1-6-5-13-7(4-9-2)8(6)14(11,12)10-3/h5,9-10H,4H2,1-3H3. The van der Waals surface area contributed by atoms with Crippen LogP contribution in [0.15, 0.2) is 10.3 Å². The summed E-state index contributed by atoms with van der Waals surface area (Å²) in [6.45, 7) is 2.38. The van der Waals surface area contributed by atoms with Crippen LogP contribution in [0, 0.1) is 6.92 Å². The molecule has 80 valence electrons. The first-order valence-electron chi connectivity index (χ1n) is 4.18. The number of hydrogen-bond acceptors (Lipinski definition) is 4. The highest BCUT2D eigenvalue weighted by atomic mass is 32.2. The Labute approximate surface area is 88.4 Å². The molecule has 14 heavy (non-hydrogen) atoms. The van der Waals surface area contributed by atoms with Crippen molar-refractivity contribution in [3.8, 4) is 0 Å².